The van der Waals surface area contributed by atoms with Gasteiger partial charge < -0.3 is 4.98 Å². The maximum absolute atomic E-state index is 11.7. The van der Waals surface area contributed by atoms with E-state index in [0.29, 0.717) is 5.52 Å². The van der Waals surface area contributed by atoms with Gasteiger partial charge in [0.2, 0.25) is 0 Å². The summed E-state index contributed by atoms with van der Waals surface area (Å²) in [5.74, 6) is 0. The number of aromatic nitrogens is 3. The summed E-state index contributed by atoms with van der Waals surface area (Å²) in [6, 6.07) is 0. The van der Waals surface area contributed by atoms with Crippen LogP contribution in [0, 0.1) is 0 Å². The molecule has 0 aliphatic carbocycles. The van der Waals surface area contributed by atoms with Crippen LogP contribution < -0.4 is 0 Å². The van der Waals surface area contributed by atoms with Crippen LogP contribution in [0.15, 0.2) is 23.7 Å². The predicted octanol–water partition coefficient (Wildman–Crippen LogP) is 0.208. The molecule has 2 rings (SSSR count). The quantitative estimate of drug-likeness (QED) is 0.742. The van der Waals surface area contributed by atoms with Gasteiger partial charge in [-0.15, -0.1) is 0 Å². The van der Waals surface area contributed by atoms with E-state index in [1.165, 1.54) is 20.3 Å². The number of hydrogen-bond acceptors (Lipinski definition) is 4. The van der Waals surface area contributed by atoms with Crippen LogP contribution in [0.5, 0.6) is 0 Å². The van der Waals surface area contributed by atoms with Crippen LogP contribution in [0.2, 0.25) is 0 Å². The number of hydrogen-bond donors (Lipinski definition) is 1. The largest absolute Gasteiger partial charge is 0.365 e. The highest BCUT2D eigenvalue weighted by Crippen LogP contribution is 2.13. The van der Waals surface area contributed by atoms with Crippen LogP contribution in [0.4, 0.5) is 0 Å². The van der Waals surface area contributed by atoms with Crippen molar-refractivity contribution < 1.29 is 8.42 Å². The van der Waals surface area contributed by atoms with Gasteiger partial charge in [-0.05, 0) is 0 Å². The third-order valence-electron chi connectivity index (χ3n) is 2.00. The zero-order valence-corrected chi connectivity index (χ0v) is 9.11. The van der Waals surface area contributed by atoms with Gasteiger partial charge in [0.05, 0.1) is 5.52 Å². The molecule has 1 N–H and O–H groups in total. The number of nitrogens with one attached hydrogen (secondary N) is 1. The molecule has 80 valence electrons. The Balaban J connectivity index is 2.63. The van der Waals surface area contributed by atoms with E-state index in [2.05, 4.69) is 15.0 Å². The number of aromatic amines is 1. The first-order valence-corrected chi connectivity index (χ1v) is 5.68. The van der Waals surface area contributed by atoms with E-state index in [1.54, 1.807) is 12.4 Å². The third kappa shape index (κ3) is 1.59. The second kappa shape index (κ2) is 3.28. The van der Waals surface area contributed by atoms with Crippen molar-refractivity contribution in [3.05, 3.63) is 18.6 Å². The highest BCUT2D eigenvalue weighted by molar-refractivity contribution is 7.88. The van der Waals surface area contributed by atoms with Crippen molar-refractivity contribution >= 4 is 20.9 Å². The van der Waals surface area contributed by atoms with Gasteiger partial charge >= 0.3 is 0 Å². The van der Waals surface area contributed by atoms with Gasteiger partial charge in [0.15, 0.2) is 0 Å². The molecule has 6 nitrogen and oxygen atoms in total. The van der Waals surface area contributed by atoms with Crippen LogP contribution >= 0.6 is 0 Å². The Kier molecular flexibility index (Phi) is 2.20. The fraction of sp³-hybridized carbons (Fsp3) is 0.250. The summed E-state index contributed by atoms with van der Waals surface area (Å²) in [6.45, 7) is 0. The summed E-state index contributed by atoms with van der Waals surface area (Å²) >= 11 is 0. The highest BCUT2D eigenvalue weighted by atomic mass is 32.2. The van der Waals surface area contributed by atoms with Crippen molar-refractivity contribution in [3.63, 3.8) is 0 Å². The van der Waals surface area contributed by atoms with Gasteiger partial charge in [-0.3, -0.25) is 0 Å². The lowest BCUT2D eigenvalue weighted by Gasteiger charge is -2.08. The van der Waals surface area contributed by atoms with E-state index in [9.17, 15) is 8.42 Å². The Hall–Kier alpha value is -1.47. The predicted molar refractivity (Wildman–Crippen MR) is 54.8 cm³/mol. The van der Waals surface area contributed by atoms with Crippen LogP contribution in [0.1, 0.15) is 0 Å². The maximum atomic E-state index is 11.7. The molecule has 0 saturated carbocycles. The summed E-state index contributed by atoms with van der Waals surface area (Å²) in [6.07, 6.45) is 4.82. The van der Waals surface area contributed by atoms with Crippen molar-refractivity contribution in [2.45, 2.75) is 5.16 Å². The number of sulfonamides is 1. The lowest BCUT2D eigenvalue weighted by Crippen LogP contribution is -2.24. The average Bonchev–Trinajstić information content (AvgIpc) is 2.63. The molecule has 0 amide bonds. The second-order valence-corrected chi connectivity index (χ2v) is 5.28. The first-order chi connectivity index (χ1) is 7.01. The van der Waals surface area contributed by atoms with Gasteiger partial charge in [-0.2, -0.15) is 0 Å². The molecule has 0 saturated heterocycles. The van der Waals surface area contributed by atoms with Crippen molar-refractivity contribution in [3.8, 4) is 0 Å². The number of rotatable bonds is 2. The first kappa shape index (κ1) is 10.1. The van der Waals surface area contributed by atoms with Crippen LogP contribution in [0.25, 0.3) is 10.9 Å². The van der Waals surface area contributed by atoms with Crippen molar-refractivity contribution in [2.24, 2.45) is 0 Å². The third-order valence-corrected chi connectivity index (χ3v) is 3.62. The molecule has 0 spiro atoms. The lowest BCUT2D eigenvalue weighted by atomic mass is 10.4. The molecule has 0 bridgehead atoms. The molecular formula is C8H10N4O2S. The molecule has 2 aromatic rings. The van der Waals surface area contributed by atoms with Crippen molar-refractivity contribution in [1.29, 1.82) is 0 Å². The topological polar surface area (TPSA) is 79.0 Å². The molecular weight excluding hydrogens is 216 g/mol. The van der Waals surface area contributed by atoms with Crippen LogP contribution in [0.3, 0.4) is 0 Å². The minimum Gasteiger partial charge on any atom is -0.365 e. The minimum absolute atomic E-state index is 0.181. The summed E-state index contributed by atoms with van der Waals surface area (Å²) in [5, 5.41) is 0.604. The number of fused-ring (bicyclic) bond motifs is 1. The van der Waals surface area contributed by atoms with Gasteiger partial charge in [-0.1, -0.05) is 0 Å². The standard InChI is InChI=1S/C8H10N4O2S/c1-12(2)15(13,14)8-10-4-6-3-9-5-7(6)11-8/h3-5,9H,1-2H3. The lowest BCUT2D eigenvalue weighted by molar-refractivity contribution is 0.512. The zero-order chi connectivity index (χ0) is 11.1. The maximum Gasteiger partial charge on any atom is 0.278 e. The molecule has 15 heavy (non-hydrogen) atoms. The van der Waals surface area contributed by atoms with Gasteiger partial charge in [-0.25, -0.2) is 22.7 Å². The van der Waals surface area contributed by atoms with Crippen LogP contribution in [-0.2, 0) is 10.0 Å². The monoisotopic (exact) mass is 226 g/mol. The molecule has 2 heterocycles. The second-order valence-electron chi connectivity index (χ2n) is 3.24. The van der Waals surface area contributed by atoms with Gasteiger partial charge in [0.1, 0.15) is 0 Å². The molecule has 0 aromatic carbocycles. The SMILES string of the molecule is CN(C)S(=O)(=O)c1ncc2c[nH]cc2n1. The van der Waals surface area contributed by atoms with Crippen LogP contribution in [-0.4, -0.2) is 41.8 Å². The molecule has 0 fully saturated rings. The fourth-order valence-corrected chi connectivity index (χ4v) is 1.84. The first-order valence-electron chi connectivity index (χ1n) is 4.24. The average molecular weight is 226 g/mol. The molecule has 0 aliphatic rings. The Morgan fingerprint density at radius 1 is 1.33 bits per heavy atom. The Labute approximate surface area is 87.0 Å². The summed E-state index contributed by atoms with van der Waals surface area (Å²) in [4.78, 5) is 10.6. The highest BCUT2D eigenvalue weighted by Gasteiger charge is 2.20. The molecule has 7 heteroatoms. The minimum atomic E-state index is -3.55. The Morgan fingerprint density at radius 2 is 2.07 bits per heavy atom. The van der Waals surface area contributed by atoms with Gasteiger partial charge in [0, 0.05) is 38.1 Å². The smallest absolute Gasteiger partial charge is 0.278 e. The summed E-state index contributed by atoms with van der Waals surface area (Å²) in [7, 11) is -0.660. The Bertz CT molecular complexity index is 587. The molecule has 2 aromatic heterocycles. The van der Waals surface area contributed by atoms with E-state index in [0.717, 1.165) is 9.69 Å². The van der Waals surface area contributed by atoms with E-state index >= 15 is 0 Å². The van der Waals surface area contributed by atoms with Crippen molar-refractivity contribution in [1.82, 2.24) is 19.3 Å². The van der Waals surface area contributed by atoms with E-state index in [4.69, 9.17) is 0 Å². The molecule has 0 aliphatic heterocycles. The fourth-order valence-electron chi connectivity index (χ4n) is 1.11. The number of nitrogens with zero attached hydrogens (tertiary/aromatic N) is 3. The molecule has 0 atom stereocenters. The van der Waals surface area contributed by atoms with Crippen molar-refractivity contribution in [2.75, 3.05) is 14.1 Å². The molecule has 0 radical (unpaired) electrons. The summed E-state index contributed by atoms with van der Waals surface area (Å²) < 4.78 is 24.5. The zero-order valence-electron chi connectivity index (χ0n) is 8.30. The normalized spacial score (nSPS) is 12.5. The van der Waals surface area contributed by atoms with Gasteiger partial charge in [0.25, 0.3) is 15.2 Å². The summed E-state index contributed by atoms with van der Waals surface area (Å²) in [5.41, 5.74) is 0.588. The van der Waals surface area contributed by atoms with E-state index in [-0.39, 0.29) is 5.16 Å². The van der Waals surface area contributed by atoms with E-state index in [1.807, 2.05) is 0 Å². The van der Waals surface area contributed by atoms with E-state index < -0.39 is 10.0 Å². The number of H-pyrrole nitrogens is 1. The Morgan fingerprint density at radius 3 is 2.73 bits per heavy atom. The molecule has 0 unspecified atom stereocenters.